The van der Waals surface area contributed by atoms with Crippen LogP contribution in [0, 0.1) is 0 Å². The van der Waals surface area contributed by atoms with Crippen LogP contribution in [0.3, 0.4) is 0 Å². The molecule has 5 heteroatoms. The second-order valence-electron chi connectivity index (χ2n) is 5.99. The van der Waals surface area contributed by atoms with Gasteiger partial charge >= 0.3 is 0 Å². The topological polar surface area (TPSA) is 62.3 Å². The van der Waals surface area contributed by atoms with E-state index in [1.54, 1.807) is 17.3 Å². The maximum absolute atomic E-state index is 12.0. The van der Waals surface area contributed by atoms with Crippen molar-refractivity contribution in [1.29, 1.82) is 0 Å². The van der Waals surface area contributed by atoms with Crippen LogP contribution in [0.25, 0.3) is 0 Å². The number of pyridine rings is 1. The molecule has 0 aliphatic carbocycles. The van der Waals surface area contributed by atoms with Gasteiger partial charge in [0.1, 0.15) is 0 Å². The zero-order valence-electron chi connectivity index (χ0n) is 14.6. The molecule has 2 rings (SSSR count). The number of nitrogens with zero attached hydrogens (tertiary/aromatic N) is 2. The Labute approximate surface area is 149 Å². The van der Waals surface area contributed by atoms with E-state index in [1.807, 2.05) is 30.3 Å². The lowest BCUT2D eigenvalue weighted by Crippen LogP contribution is -2.33. The number of hydrogen-bond acceptors (Lipinski definition) is 3. The van der Waals surface area contributed by atoms with E-state index in [0.29, 0.717) is 26.1 Å². The fraction of sp³-hybridized carbons (Fsp3) is 0.350. The van der Waals surface area contributed by atoms with Crippen molar-refractivity contribution < 1.29 is 9.59 Å². The van der Waals surface area contributed by atoms with Crippen LogP contribution in [0.15, 0.2) is 54.9 Å². The molecule has 132 valence electrons. The first-order chi connectivity index (χ1) is 12.1. The molecule has 0 fully saturated rings. The quantitative estimate of drug-likeness (QED) is 0.714. The number of carbonyl (C=O) groups is 2. The number of hydrogen-bond donors (Lipinski definition) is 1. The Morgan fingerprint density at radius 2 is 1.76 bits per heavy atom. The smallest absolute Gasteiger partial charge is 0.221 e. The van der Waals surface area contributed by atoms with Crippen LogP contribution >= 0.6 is 0 Å². The van der Waals surface area contributed by atoms with E-state index in [2.05, 4.69) is 22.4 Å². The molecular weight excluding hydrogens is 314 g/mol. The van der Waals surface area contributed by atoms with Gasteiger partial charge in [-0.1, -0.05) is 30.3 Å². The second kappa shape index (κ2) is 10.2. The zero-order chi connectivity index (χ0) is 17.9. The summed E-state index contributed by atoms with van der Waals surface area (Å²) in [6.45, 7) is 3.10. The Morgan fingerprint density at radius 1 is 1.04 bits per heavy atom. The first kappa shape index (κ1) is 18.6. The fourth-order valence-electron chi connectivity index (χ4n) is 2.55. The van der Waals surface area contributed by atoms with Gasteiger partial charge in [0.25, 0.3) is 0 Å². The van der Waals surface area contributed by atoms with Gasteiger partial charge in [0, 0.05) is 45.4 Å². The number of aromatic nitrogens is 1. The van der Waals surface area contributed by atoms with Gasteiger partial charge in [-0.3, -0.25) is 14.6 Å². The first-order valence-corrected chi connectivity index (χ1v) is 8.60. The maximum Gasteiger partial charge on any atom is 0.221 e. The third kappa shape index (κ3) is 7.16. The molecule has 1 N–H and O–H groups in total. The van der Waals surface area contributed by atoms with Crippen LogP contribution in [0.1, 0.15) is 30.9 Å². The van der Waals surface area contributed by atoms with Crippen LogP contribution < -0.4 is 5.32 Å². The number of aryl methyl sites for hydroxylation is 1. The van der Waals surface area contributed by atoms with Gasteiger partial charge in [0.05, 0.1) is 0 Å². The summed E-state index contributed by atoms with van der Waals surface area (Å²) in [6.07, 6.45) is 5.57. The highest BCUT2D eigenvalue weighted by molar-refractivity contribution is 5.78. The molecule has 0 atom stereocenters. The average molecular weight is 339 g/mol. The van der Waals surface area contributed by atoms with Gasteiger partial charge in [-0.15, -0.1) is 0 Å². The number of nitrogens with one attached hydrogen (secondary N) is 1. The predicted molar refractivity (Wildman–Crippen MR) is 97.7 cm³/mol. The highest BCUT2D eigenvalue weighted by Gasteiger charge is 2.11. The number of rotatable bonds is 9. The average Bonchev–Trinajstić information content (AvgIpc) is 2.63. The normalized spacial score (nSPS) is 10.3. The van der Waals surface area contributed by atoms with Crippen LogP contribution in [0.2, 0.25) is 0 Å². The Kier molecular flexibility index (Phi) is 7.63. The Balaban J connectivity index is 1.67. The van der Waals surface area contributed by atoms with E-state index < -0.39 is 0 Å². The van der Waals surface area contributed by atoms with Crippen molar-refractivity contribution in [2.75, 3.05) is 13.1 Å². The van der Waals surface area contributed by atoms with Crippen LogP contribution in [-0.4, -0.2) is 34.8 Å². The molecule has 1 aromatic heterocycles. The molecule has 1 heterocycles. The van der Waals surface area contributed by atoms with Gasteiger partial charge in [-0.25, -0.2) is 0 Å². The van der Waals surface area contributed by atoms with E-state index in [4.69, 9.17) is 0 Å². The van der Waals surface area contributed by atoms with Crippen LogP contribution in [0.4, 0.5) is 0 Å². The van der Waals surface area contributed by atoms with Crippen molar-refractivity contribution in [3.8, 4) is 0 Å². The summed E-state index contributed by atoms with van der Waals surface area (Å²) >= 11 is 0. The predicted octanol–water partition coefficient (Wildman–Crippen LogP) is 2.57. The molecule has 0 aliphatic heterocycles. The second-order valence-corrected chi connectivity index (χ2v) is 5.99. The number of benzene rings is 1. The number of carbonyl (C=O) groups excluding carboxylic acids is 2. The summed E-state index contributed by atoms with van der Waals surface area (Å²) in [5.41, 5.74) is 2.28. The van der Waals surface area contributed by atoms with Crippen LogP contribution in [0.5, 0.6) is 0 Å². The summed E-state index contributed by atoms with van der Waals surface area (Å²) in [7, 11) is 0. The van der Waals surface area contributed by atoms with Crippen molar-refractivity contribution in [2.24, 2.45) is 0 Å². The zero-order valence-corrected chi connectivity index (χ0v) is 14.6. The monoisotopic (exact) mass is 339 g/mol. The lowest BCUT2D eigenvalue weighted by Gasteiger charge is -2.20. The molecule has 1 aromatic carbocycles. The summed E-state index contributed by atoms with van der Waals surface area (Å²) in [4.78, 5) is 29.4. The third-order valence-corrected chi connectivity index (χ3v) is 3.98. The summed E-state index contributed by atoms with van der Waals surface area (Å²) in [5, 5.41) is 2.92. The van der Waals surface area contributed by atoms with Crippen molar-refractivity contribution in [1.82, 2.24) is 15.2 Å². The van der Waals surface area contributed by atoms with Gasteiger partial charge < -0.3 is 10.2 Å². The molecule has 0 radical (unpaired) electrons. The van der Waals surface area contributed by atoms with Crippen molar-refractivity contribution in [2.45, 2.75) is 32.7 Å². The van der Waals surface area contributed by atoms with E-state index in [0.717, 1.165) is 18.4 Å². The van der Waals surface area contributed by atoms with Gasteiger partial charge in [0.2, 0.25) is 11.8 Å². The SMILES string of the molecule is CC(=O)N(CCC(=O)NCCCc1ccccc1)Cc1ccncc1. The highest BCUT2D eigenvalue weighted by Crippen LogP contribution is 2.05. The van der Waals surface area contributed by atoms with Gasteiger partial charge in [0.15, 0.2) is 0 Å². The minimum atomic E-state index is -0.0336. The Morgan fingerprint density at radius 3 is 2.44 bits per heavy atom. The van der Waals surface area contributed by atoms with Crippen LogP contribution in [-0.2, 0) is 22.6 Å². The third-order valence-electron chi connectivity index (χ3n) is 3.98. The molecule has 25 heavy (non-hydrogen) atoms. The van der Waals surface area contributed by atoms with E-state index in [1.165, 1.54) is 12.5 Å². The summed E-state index contributed by atoms with van der Waals surface area (Å²) in [6, 6.07) is 14.0. The Bertz CT molecular complexity index is 659. The highest BCUT2D eigenvalue weighted by atomic mass is 16.2. The minimum Gasteiger partial charge on any atom is -0.356 e. The van der Waals surface area contributed by atoms with E-state index in [9.17, 15) is 9.59 Å². The largest absolute Gasteiger partial charge is 0.356 e. The molecule has 0 spiro atoms. The van der Waals surface area contributed by atoms with Crippen molar-refractivity contribution in [3.05, 3.63) is 66.0 Å². The molecule has 0 saturated carbocycles. The molecule has 0 bridgehead atoms. The molecular formula is C20H25N3O2. The van der Waals surface area contributed by atoms with Crippen molar-refractivity contribution >= 4 is 11.8 Å². The standard InChI is InChI=1S/C20H25N3O2/c1-17(24)23(16-19-9-13-21-14-10-19)15-11-20(25)22-12-5-8-18-6-3-2-4-7-18/h2-4,6-7,9-10,13-14H,5,8,11-12,15-16H2,1H3,(H,22,25). The minimum absolute atomic E-state index is 0.0194. The van der Waals surface area contributed by atoms with Gasteiger partial charge in [-0.05, 0) is 36.1 Å². The van der Waals surface area contributed by atoms with Crippen molar-refractivity contribution in [3.63, 3.8) is 0 Å². The summed E-state index contributed by atoms with van der Waals surface area (Å²) in [5.74, 6) is -0.0530. The Hall–Kier alpha value is -2.69. The molecule has 2 amide bonds. The molecule has 0 saturated heterocycles. The molecule has 2 aromatic rings. The van der Waals surface area contributed by atoms with E-state index >= 15 is 0 Å². The number of amides is 2. The van der Waals surface area contributed by atoms with Gasteiger partial charge in [-0.2, -0.15) is 0 Å². The first-order valence-electron chi connectivity index (χ1n) is 8.60. The maximum atomic E-state index is 12.0. The lowest BCUT2D eigenvalue weighted by molar-refractivity contribution is -0.130. The molecule has 5 nitrogen and oxygen atoms in total. The van der Waals surface area contributed by atoms with E-state index in [-0.39, 0.29) is 11.8 Å². The fourth-order valence-corrected chi connectivity index (χ4v) is 2.55. The molecule has 0 aliphatic rings. The summed E-state index contributed by atoms with van der Waals surface area (Å²) < 4.78 is 0. The lowest BCUT2D eigenvalue weighted by atomic mass is 10.1. The molecule has 0 unspecified atom stereocenters.